The number of halogens is 1. The van der Waals surface area contributed by atoms with Crippen LogP contribution in [0.4, 0.5) is 5.69 Å². The lowest BCUT2D eigenvalue weighted by atomic mass is 10.0. The Balaban J connectivity index is 0.000000179. The molecule has 182 valence electrons. The highest BCUT2D eigenvalue weighted by atomic mass is 35.5. The van der Waals surface area contributed by atoms with E-state index in [2.05, 4.69) is 15.5 Å². The Bertz CT molecular complexity index is 1620. The third-order valence-corrected chi connectivity index (χ3v) is 7.46. The normalized spacial score (nSPS) is 13.6. The van der Waals surface area contributed by atoms with Gasteiger partial charge in [-0.2, -0.15) is 5.10 Å². The van der Waals surface area contributed by atoms with Crippen LogP contribution in [0.15, 0.2) is 94.0 Å². The van der Waals surface area contributed by atoms with Crippen molar-refractivity contribution < 1.29 is 18.0 Å². The molecule has 0 saturated carbocycles. The first kappa shape index (κ1) is 25.0. The first-order chi connectivity index (χ1) is 17.3. The molecular weight excluding hydrogens is 500 g/mol. The Morgan fingerprint density at radius 2 is 1.75 bits per heavy atom. The number of nitrogens with zero attached hydrogens (tertiary/aromatic N) is 3. The van der Waals surface area contributed by atoms with E-state index in [1.807, 2.05) is 24.3 Å². The maximum Gasteiger partial charge on any atom is 0.269 e. The molecule has 8 nitrogen and oxygen atoms in total. The Morgan fingerprint density at radius 3 is 2.50 bits per heavy atom. The molecule has 1 aliphatic heterocycles. The van der Waals surface area contributed by atoms with E-state index in [1.165, 1.54) is 25.3 Å². The van der Waals surface area contributed by atoms with Gasteiger partial charge in [0.05, 0.1) is 21.9 Å². The van der Waals surface area contributed by atoms with Crippen molar-refractivity contribution in [1.82, 2.24) is 9.40 Å². The predicted octanol–water partition coefficient (Wildman–Crippen LogP) is 4.98. The highest BCUT2D eigenvalue weighted by Crippen LogP contribution is 2.28. The van der Waals surface area contributed by atoms with Gasteiger partial charge in [0.15, 0.2) is 6.29 Å². The highest BCUT2D eigenvalue weighted by Gasteiger charge is 2.23. The van der Waals surface area contributed by atoms with E-state index >= 15 is 0 Å². The van der Waals surface area contributed by atoms with Crippen molar-refractivity contribution in [1.29, 1.82) is 0 Å². The van der Waals surface area contributed by atoms with E-state index in [0.717, 1.165) is 20.9 Å². The number of rotatable bonds is 4. The number of amides is 1. The molecule has 0 saturated heterocycles. The summed E-state index contributed by atoms with van der Waals surface area (Å²) in [6.45, 7) is 1.44. The van der Waals surface area contributed by atoms with E-state index in [0.29, 0.717) is 29.2 Å². The van der Waals surface area contributed by atoms with E-state index < -0.39 is 10.0 Å². The van der Waals surface area contributed by atoms with Crippen LogP contribution in [0.1, 0.15) is 29.3 Å². The highest BCUT2D eigenvalue weighted by molar-refractivity contribution is 7.90. The molecular formula is C26H21ClN4O4S. The summed E-state index contributed by atoms with van der Waals surface area (Å²) in [6.07, 6.45) is 4.40. The zero-order chi connectivity index (χ0) is 25.7. The summed E-state index contributed by atoms with van der Waals surface area (Å²) in [6, 6.07) is 20.8. The van der Waals surface area contributed by atoms with E-state index in [9.17, 15) is 18.0 Å². The summed E-state index contributed by atoms with van der Waals surface area (Å²) in [5.41, 5.74) is 5.93. The maximum atomic E-state index is 12.8. The zero-order valence-corrected chi connectivity index (χ0v) is 20.7. The van der Waals surface area contributed by atoms with Gasteiger partial charge in [0.2, 0.25) is 5.91 Å². The number of fused-ring (bicyclic) bond motifs is 2. The molecule has 0 fully saturated rings. The summed E-state index contributed by atoms with van der Waals surface area (Å²) in [4.78, 5) is 26.1. The molecule has 0 bridgehead atoms. The summed E-state index contributed by atoms with van der Waals surface area (Å²) < 4.78 is 26.6. The van der Waals surface area contributed by atoms with Crippen molar-refractivity contribution in [3.63, 3.8) is 0 Å². The monoisotopic (exact) mass is 520 g/mol. The number of carbonyl (C=O) groups is 2. The largest absolute Gasteiger partial charge is 0.298 e. The first-order valence-electron chi connectivity index (χ1n) is 10.8. The minimum Gasteiger partial charge on any atom is -0.298 e. The van der Waals surface area contributed by atoms with Crippen molar-refractivity contribution in [2.45, 2.75) is 18.2 Å². The Labute approximate surface area is 213 Å². The number of aliphatic imine (C=N–C) groups is 1. The molecule has 3 aromatic carbocycles. The smallest absolute Gasteiger partial charge is 0.269 e. The number of aldehydes is 1. The predicted molar refractivity (Wildman–Crippen MR) is 141 cm³/mol. The summed E-state index contributed by atoms with van der Waals surface area (Å²) in [5.74, 6) is -0.164. The molecule has 1 N–H and O–H groups in total. The third-order valence-electron chi connectivity index (χ3n) is 5.29. The quantitative estimate of drug-likeness (QED) is 0.302. The average Bonchev–Trinajstić information content (AvgIpc) is 3.28. The van der Waals surface area contributed by atoms with Crippen LogP contribution in [0.3, 0.4) is 0 Å². The fourth-order valence-electron chi connectivity index (χ4n) is 3.65. The van der Waals surface area contributed by atoms with Gasteiger partial charge in [-0.1, -0.05) is 60.1 Å². The molecule has 5 rings (SSSR count). The van der Waals surface area contributed by atoms with Gasteiger partial charge in [-0.05, 0) is 24.3 Å². The lowest BCUT2D eigenvalue weighted by Gasteiger charge is -2.11. The SMILES string of the molecule is CC(=O)NN=C1CC=Nc2ccccc21.O=Cc1cn(S(=O)(=O)c2ccccc2Cl)c2ccccc12. The lowest BCUT2D eigenvalue weighted by Crippen LogP contribution is -2.17. The second-order valence-electron chi connectivity index (χ2n) is 7.71. The van der Waals surface area contributed by atoms with Crippen LogP contribution >= 0.6 is 11.6 Å². The molecule has 0 atom stereocenters. The Morgan fingerprint density at radius 1 is 1.06 bits per heavy atom. The molecule has 0 radical (unpaired) electrons. The van der Waals surface area contributed by atoms with Crippen molar-refractivity contribution in [2.24, 2.45) is 10.1 Å². The van der Waals surface area contributed by atoms with Crippen LogP contribution in [0, 0.1) is 0 Å². The number of nitrogens with one attached hydrogen (secondary N) is 1. The molecule has 1 aromatic heterocycles. The van der Waals surface area contributed by atoms with Crippen molar-refractivity contribution in [3.05, 3.63) is 95.1 Å². The van der Waals surface area contributed by atoms with E-state index in [4.69, 9.17) is 11.6 Å². The number of para-hydroxylation sites is 2. The number of hydrogen-bond acceptors (Lipinski definition) is 6. The molecule has 2 heterocycles. The molecule has 10 heteroatoms. The second kappa shape index (κ2) is 10.7. The van der Waals surface area contributed by atoms with Crippen LogP contribution in [-0.4, -0.2) is 36.5 Å². The molecule has 0 unspecified atom stereocenters. The fraction of sp³-hybridized carbons (Fsp3) is 0.0769. The van der Waals surface area contributed by atoms with Gasteiger partial charge in [-0.25, -0.2) is 17.8 Å². The maximum absolute atomic E-state index is 12.8. The number of benzene rings is 3. The molecule has 1 aliphatic rings. The minimum atomic E-state index is -3.86. The number of hydrogen-bond donors (Lipinski definition) is 1. The second-order valence-corrected chi connectivity index (χ2v) is 9.90. The van der Waals surface area contributed by atoms with Gasteiger partial charge < -0.3 is 0 Å². The van der Waals surface area contributed by atoms with Crippen LogP contribution in [0.5, 0.6) is 0 Å². The summed E-state index contributed by atoms with van der Waals surface area (Å²) >= 11 is 5.99. The van der Waals surface area contributed by atoms with Crippen molar-refractivity contribution in [2.75, 3.05) is 0 Å². The number of carbonyl (C=O) groups excluding carboxylic acids is 2. The third kappa shape index (κ3) is 5.12. The molecule has 4 aromatic rings. The van der Waals surface area contributed by atoms with Crippen LogP contribution in [0.25, 0.3) is 10.9 Å². The van der Waals surface area contributed by atoms with Crippen molar-refractivity contribution in [3.8, 4) is 0 Å². The summed E-state index contributed by atoms with van der Waals surface area (Å²) in [5, 5.41) is 4.78. The number of hydrazone groups is 1. The van der Waals surface area contributed by atoms with Crippen LogP contribution in [-0.2, 0) is 14.8 Å². The molecule has 36 heavy (non-hydrogen) atoms. The van der Waals surface area contributed by atoms with Crippen LogP contribution < -0.4 is 5.43 Å². The van der Waals surface area contributed by atoms with Gasteiger partial charge >= 0.3 is 0 Å². The Hall–Kier alpha value is -4.08. The van der Waals surface area contributed by atoms with E-state index in [-0.39, 0.29) is 15.8 Å². The molecule has 0 spiro atoms. The van der Waals surface area contributed by atoms with Gasteiger partial charge in [0.1, 0.15) is 4.90 Å². The lowest BCUT2D eigenvalue weighted by molar-refractivity contribution is -0.118. The van der Waals surface area contributed by atoms with Gasteiger partial charge in [0.25, 0.3) is 10.0 Å². The fourth-order valence-corrected chi connectivity index (χ4v) is 5.53. The van der Waals surface area contributed by atoms with Gasteiger partial charge in [-0.15, -0.1) is 0 Å². The van der Waals surface area contributed by atoms with E-state index in [1.54, 1.807) is 42.6 Å². The molecule has 0 aliphatic carbocycles. The topological polar surface area (TPSA) is 110 Å². The van der Waals surface area contributed by atoms with Gasteiger partial charge in [-0.3, -0.25) is 14.6 Å². The average molecular weight is 521 g/mol. The van der Waals surface area contributed by atoms with Gasteiger partial charge in [0, 0.05) is 42.3 Å². The Kier molecular flexibility index (Phi) is 7.42. The molecule has 1 amide bonds. The first-order valence-corrected chi connectivity index (χ1v) is 12.6. The zero-order valence-electron chi connectivity index (χ0n) is 19.1. The standard InChI is InChI=1S/C15H10ClNO3S.C11H11N3O/c16-13-6-2-4-8-15(13)21(19,20)17-9-11(10-18)12-5-1-3-7-14(12)17;1-8(15)13-14-11-6-7-12-10-5-3-2-4-9(10)11/h1-10H;2-5,7H,6H2,1H3,(H,13,15). The summed E-state index contributed by atoms with van der Waals surface area (Å²) in [7, 11) is -3.86. The number of aromatic nitrogens is 1. The van der Waals surface area contributed by atoms with Crippen molar-refractivity contribution >= 4 is 62.3 Å². The minimum absolute atomic E-state index is 0.00451. The van der Waals surface area contributed by atoms with Crippen LogP contribution in [0.2, 0.25) is 5.02 Å².